The van der Waals surface area contributed by atoms with E-state index < -0.39 is 11.7 Å². The number of amides is 3. The molecule has 0 aliphatic carbocycles. The molecule has 7 heteroatoms. The summed E-state index contributed by atoms with van der Waals surface area (Å²) in [5.41, 5.74) is 3.31. The highest BCUT2D eigenvalue weighted by atomic mass is 32.1. The van der Waals surface area contributed by atoms with E-state index in [0.717, 1.165) is 5.56 Å². The molecule has 0 radical (unpaired) electrons. The van der Waals surface area contributed by atoms with Crippen LogP contribution < -0.4 is 14.9 Å². The number of benzene rings is 3. The summed E-state index contributed by atoms with van der Waals surface area (Å²) in [5.74, 6) is -1.13. The Morgan fingerprint density at radius 1 is 0.967 bits per heavy atom. The van der Waals surface area contributed by atoms with Crippen LogP contribution in [0.25, 0.3) is 0 Å². The largest absolute Gasteiger partial charge is 0.337 e. The summed E-state index contributed by atoms with van der Waals surface area (Å²) >= 11 is 4.25. The van der Waals surface area contributed by atoms with E-state index >= 15 is 0 Å². The number of carbonyl (C=O) groups is 2. The monoisotopic (exact) mass is 423 g/mol. The molecular formula is C23H22FN3O2S. The number of halogens is 1. The van der Waals surface area contributed by atoms with E-state index in [1.807, 2.05) is 31.2 Å². The van der Waals surface area contributed by atoms with Crippen LogP contribution in [0.2, 0.25) is 0 Å². The number of nitrogens with zero attached hydrogens (tertiary/aromatic N) is 1. The van der Waals surface area contributed by atoms with Gasteiger partial charge in [0, 0.05) is 12.2 Å². The van der Waals surface area contributed by atoms with Crippen molar-refractivity contribution in [1.29, 1.82) is 0 Å². The first-order valence-corrected chi connectivity index (χ1v) is 9.82. The van der Waals surface area contributed by atoms with Crippen molar-refractivity contribution in [3.8, 4) is 0 Å². The molecule has 2 N–H and O–H groups in total. The highest BCUT2D eigenvalue weighted by molar-refractivity contribution is 7.82. The minimum atomic E-state index is -0.588. The molecule has 0 spiro atoms. The van der Waals surface area contributed by atoms with Crippen molar-refractivity contribution in [2.24, 2.45) is 0 Å². The maximum atomic E-state index is 13.7. The first kappa shape index (κ1) is 21.4. The van der Waals surface area contributed by atoms with Gasteiger partial charge in [-0.25, -0.2) is 13.5 Å². The van der Waals surface area contributed by atoms with Crippen LogP contribution in [0.4, 0.5) is 20.6 Å². The molecule has 0 heterocycles. The number of aryl methyl sites for hydroxylation is 1. The number of thiol groups is 1. The van der Waals surface area contributed by atoms with Gasteiger partial charge in [-0.3, -0.25) is 4.79 Å². The molecule has 30 heavy (non-hydrogen) atoms. The van der Waals surface area contributed by atoms with Gasteiger partial charge >= 0.3 is 6.03 Å². The first-order chi connectivity index (χ1) is 14.4. The molecular weight excluding hydrogens is 401 g/mol. The van der Waals surface area contributed by atoms with Crippen LogP contribution in [0.15, 0.2) is 72.8 Å². The first-order valence-electron chi connectivity index (χ1n) is 9.42. The summed E-state index contributed by atoms with van der Waals surface area (Å²) in [6.07, 6.45) is 0.717. The van der Waals surface area contributed by atoms with Gasteiger partial charge in [0.1, 0.15) is 5.82 Å². The molecule has 5 nitrogen and oxygen atoms in total. The van der Waals surface area contributed by atoms with E-state index in [4.69, 9.17) is 0 Å². The van der Waals surface area contributed by atoms with Crippen LogP contribution in [-0.2, 0) is 6.42 Å². The van der Waals surface area contributed by atoms with Crippen molar-refractivity contribution in [1.82, 2.24) is 5.32 Å². The molecule has 0 fully saturated rings. The van der Waals surface area contributed by atoms with Crippen LogP contribution in [0.1, 0.15) is 21.5 Å². The van der Waals surface area contributed by atoms with E-state index in [-0.39, 0.29) is 11.6 Å². The predicted octanol–water partition coefficient (Wildman–Crippen LogP) is 4.99. The normalized spacial score (nSPS) is 10.4. The summed E-state index contributed by atoms with van der Waals surface area (Å²) < 4.78 is 14.9. The molecule has 0 aromatic heterocycles. The lowest BCUT2D eigenvalue weighted by atomic mass is 10.1. The molecule has 3 amide bonds. The number of anilines is 2. The number of hydrogen-bond acceptors (Lipinski definition) is 3. The van der Waals surface area contributed by atoms with Gasteiger partial charge in [-0.15, -0.1) is 0 Å². The lowest BCUT2D eigenvalue weighted by Gasteiger charge is -2.17. The summed E-state index contributed by atoms with van der Waals surface area (Å²) in [6.45, 7) is 2.51. The summed E-state index contributed by atoms with van der Waals surface area (Å²) in [5, 5.41) is 5.45. The van der Waals surface area contributed by atoms with E-state index in [0.29, 0.717) is 24.3 Å². The summed E-state index contributed by atoms with van der Waals surface area (Å²) in [7, 11) is 0. The van der Waals surface area contributed by atoms with Crippen LogP contribution in [0.5, 0.6) is 0 Å². The maximum Gasteiger partial charge on any atom is 0.331 e. The molecule has 3 aromatic rings. The van der Waals surface area contributed by atoms with Gasteiger partial charge in [-0.05, 0) is 55.3 Å². The quantitative estimate of drug-likeness (QED) is 0.489. The number of nitrogens with one attached hydrogen (secondary N) is 2. The van der Waals surface area contributed by atoms with Crippen molar-refractivity contribution in [3.05, 3.63) is 95.3 Å². The van der Waals surface area contributed by atoms with Crippen molar-refractivity contribution in [2.45, 2.75) is 13.3 Å². The third kappa shape index (κ3) is 5.61. The zero-order valence-electron chi connectivity index (χ0n) is 16.4. The van der Waals surface area contributed by atoms with Gasteiger partial charge in [0.2, 0.25) is 0 Å². The highest BCUT2D eigenvalue weighted by Gasteiger charge is 2.13. The second-order valence-corrected chi connectivity index (χ2v) is 7.16. The fourth-order valence-corrected chi connectivity index (χ4v) is 2.99. The third-order valence-electron chi connectivity index (χ3n) is 4.49. The zero-order valence-corrected chi connectivity index (χ0v) is 17.3. The van der Waals surface area contributed by atoms with E-state index in [1.165, 1.54) is 28.1 Å². The number of rotatable bonds is 6. The molecule has 3 rings (SSSR count). The van der Waals surface area contributed by atoms with Crippen LogP contribution >= 0.6 is 12.8 Å². The van der Waals surface area contributed by atoms with Crippen LogP contribution in [0, 0.1) is 12.7 Å². The Bertz CT molecular complexity index is 1020. The Labute approximate surface area is 180 Å². The molecule has 0 atom stereocenters. The molecule has 0 aliphatic heterocycles. The Hall–Kier alpha value is -3.32. The van der Waals surface area contributed by atoms with Gasteiger partial charge in [0.25, 0.3) is 5.91 Å². The number of urea groups is 1. The second kappa shape index (κ2) is 9.93. The SMILES string of the molecule is Cc1ccc(CCNC(=O)N(S)c2ccc(NC(=O)c3ccccc3F)cc2)cc1. The lowest BCUT2D eigenvalue weighted by molar-refractivity contribution is 0.102. The fourth-order valence-electron chi connectivity index (χ4n) is 2.79. The lowest BCUT2D eigenvalue weighted by Crippen LogP contribution is -2.35. The fraction of sp³-hybridized carbons (Fsp3) is 0.130. The Morgan fingerprint density at radius 3 is 2.30 bits per heavy atom. The third-order valence-corrected chi connectivity index (χ3v) is 4.90. The van der Waals surface area contributed by atoms with Crippen LogP contribution in [-0.4, -0.2) is 18.5 Å². The predicted molar refractivity (Wildman–Crippen MR) is 121 cm³/mol. The second-order valence-electron chi connectivity index (χ2n) is 6.76. The molecule has 0 aliphatic rings. The number of hydrogen-bond donors (Lipinski definition) is 3. The molecule has 0 bridgehead atoms. The average molecular weight is 424 g/mol. The highest BCUT2D eigenvalue weighted by Crippen LogP contribution is 2.20. The molecule has 3 aromatic carbocycles. The van der Waals surface area contributed by atoms with Gasteiger partial charge in [-0.2, -0.15) is 0 Å². The van der Waals surface area contributed by atoms with Crippen molar-refractivity contribution >= 4 is 36.1 Å². The van der Waals surface area contributed by atoms with E-state index in [9.17, 15) is 14.0 Å². The Morgan fingerprint density at radius 2 is 1.63 bits per heavy atom. The zero-order chi connectivity index (χ0) is 21.5. The van der Waals surface area contributed by atoms with E-state index in [1.54, 1.807) is 30.3 Å². The average Bonchev–Trinajstić information content (AvgIpc) is 2.75. The smallest absolute Gasteiger partial charge is 0.331 e. The maximum absolute atomic E-state index is 13.7. The Balaban J connectivity index is 1.53. The van der Waals surface area contributed by atoms with E-state index in [2.05, 4.69) is 23.4 Å². The molecule has 0 saturated carbocycles. The molecule has 0 saturated heterocycles. The van der Waals surface area contributed by atoms with Crippen molar-refractivity contribution in [2.75, 3.05) is 16.2 Å². The van der Waals surface area contributed by atoms with Crippen molar-refractivity contribution in [3.63, 3.8) is 0 Å². The van der Waals surface area contributed by atoms with Gasteiger partial charge < -0.3 is 10.6 Å². The van der Waals surface area contributed by atoms with Crippen LogP contribution in [0.3, 0.4) is 0 Å². The minimum absolute atomic E-state index is 0.0367. The minimum Gasteiger partial charge on any atom is -0.337 e. The molecule has 154 valence electrons. The van der Waals surface area contributed by atoms with Gasteiger partial charge in [0.15, 0.2) is 0 Å². The van der Waals surface area contributed by atoms with Gasteiger partial charge in [-0.1, -0.05) is 54.8 Å². The van der Waals surface area contributed by atoms with Crippen molar-refractivity contribution < 1.29 is 14.0 Å². The molecule has 0 unspecified atom stereocenters. The summed E-state index contributed by atoms with van der Waals surface area (Å²) in [4.78, 5) is 24.5. The van der Waals surface area contributed by atoms with Gasteiger partial charge in [0.05, 0.1) is 11.3 Å². The topological polar surface area (TPSA) is 61.4 Å². The standard InChI is InChI=1S/C23H22FN3O2S/c1-16-6-8-17(9-7-16)14-15-25-23(29)27(30)19-12-10-18(11-13-19)26-22(28)20-4-2-3-5-21(20)24/h2-13,30H,14-15H2,1H3,(H,25,29)(H,26,28). The summed E-state index contributed by atoms with van der Waals surface area (Å²) in [6, 6.07) is 20.1. The Kier molecular flexibility index (Phi) is 7.08. The number of carbonyl (C=O) groups excluding carboxylic acids is 2.